The largest absolute Gasteiger partial charge is 0.416 e. The Bertz CT molecular complexity index is 1080. The fourth-order valence-electron chi connectivity index (χ4n) is 4.48. The normalized spacial score (nSPS) is 18.7. The summed E-state index contributed by atoms with van der Waals surface area (Å²) in [6, 6.07) is 4.59. The summed E-state index contributed by atoms with van der Waals surface area (Å²) >= 11 is 0. The molecular formula is C24H29F3N6O2. The SMILES string of the molecule is CC(=O)N1CCN(c2nc(NCc3ccc(C(F)(F)F)cc3)c3c(n2)C(C=O)N(C(C)C)C3)CC1. The predicted molar refractivity (Wildman–Crippen MR) is 125 cm³/mol. The van der Waals surface area contributed by atoms with Crippen LogP contribution in [-0.4, -0.2) is 64.2 Å². The van der Waals surface area contributed by atoms with E-state index < -0.39 is 17.8 Å². The standard InChI is InChI=1S/C24H29F3N6O2/c1-15(2)33-13-19-21(20(33)14-34)29-23(32-10-8-31(9-11-32)16(3)35)30-22(19)28-12-17-4-6-18(7-5-17)24(25,26)27/h4-7,14-15,20H,8-13H2,1-3H3,(H,28,29,30). The Labute approximate surface area is 202 Å². The van der Waals surface area contributed by atoms with Gasteiger partial charge in [-0.2, -0.15) is 18.2 Å². The van der Waals surface area contributed by atoms with Crippen molar-refractivity contribution in [1.82, 2.24) is 19.8 Å². The second kappa shape index (κ2) is 9.80. The molecule has 2 aliphatic rings. The molecule has 2 aromatic rings. The zero-order chi connectivity index (χ0) is 25.3. The van der Waals surface area contributed by atoms with Gasteiger partial charge in [0.15, 0.2) is 0 Å². The smallest absolute Gasteiger partial charge is 0.366 e. The van der Waals surface area contributed by atoms with Gasteiger partial charge in [-0.05, 0) is 31.5 Å². The van der Waals surface area contributed by atoms with Gasteiger partial charge in [-0.3, -0.25) is 9.69 Å². The van der Waals surface area contributed by atoms with Crippen molar-refractivity contribution in [2.75, 3.05) is 36.4 Å². The predicted octanol–water partition coefficient (Wildman–Crippen LogP) is 3.24. The van der Waals surface area contributed by atoms with Gasteiger partial charge in [0, 0.05) is 57.8 Å². The number of carbonyl (C=O) groups is 2. The van der Waals surface area contributed by atoms with E-state index in [-0.39, 0.29) is 18.5 Å². The van der Waals surface area contributed by atoms with Crippen LogP contribution in [0.15, 0.2) is 24.3 Å². The minimum Gasteiger partial charge on any atom is -0.366 e. The van der Waals surface area contributed by atoms with Gasteiger partial charge in [0.2, 0.25) is 11.9 Å². The number of piperazine rings is 1. The molecule has 0 radical (unpaired) electrons. The van der Waals surface area contributed by atoms with E-state index in [1.54, 1.807) is 11.8 Å². The number of carbonyl (C=O) groups excluding carboxylic acids is 2. The monoisotopic (exact) mass is 490 g/mol. The van der Waals surface area contributed by atoms with E-state index >= 15 is 0 Å². The maximum Gasteiger partial charge on any atom is 0.416 e. The Morgan fingerprint density at radius 3 is 2.34 bits per heavy atom. The molecule has 188 valence electrons. The van der Waals surface area contributed by atoms with Crippen molar-refractivity contribution in [2.24, 2.45) is 0 Å². The second-order valence-corrected chi connectivity index (χ2v) is 9.12. The maximum atomic E-state index is 12.9. The van der Waals surface area contributed by atoms with Crippen molar-refractivity contribution in [3.8, 4) is 0 Å². The van der Waals surface area contributed by atoms with Crippen molar-refractivity contribution in [1.29, 1.82) is 0 Å². The Morgan fingerprint density at radius 2 is 1.80 bits per heavy atom. The van der Waals surface area contributed by atoms with Crippen LogP contribution in [0, 0.1) is 0 Å². The van der Waals surface area contributed by atoms with Crippen LogP contribution in [-0.2, 0) is 28.9 Å². The molecule has 1 unspecified atom stereocenters. The molecule has 1 atom stereocenters. The van der Waals surface area contributed by atoms with Crippen LogP contribution in [0.5, 0.6) is 0 Å². The zero-order valence-corrected chi connectivity index (χ0v) is 20.0. The lowest BCUT2D eigenvalue weighted by molar-refractivity contribution is -0.137. The molecule has 1 N–H and O–H groups in total. The topological polar surface area (TPSA) is 81.7 Å². The third-order valence-electron chi connectivity index (χ3n) is 6.55. The number of aldehydes is 1. The van der Waals surface area contributed by atoms with E-state index in [2.05, 4.69) is 5.32 Å². The van der Waals surface area contributed by atoms with E-state index in [9.17, 15) is 22.8 Å². The highest BCUT2D eigenvalue weighted by Gasteiger charge is 2.37. The van der Waals surface area contributed by atoms with Crippen LogP contribution in [0.4, 0.5) is 24.9 Å². The van der Waals surface area contributed by atoms with Crippen molar-refractivity contribution in [3.63, 3.8) is 0 Å². The van der Waals surface area contributed by atoms with Gasteiger partial charge in [-0.25, -0.2) is 4.98 Å². The third-order valence-corrected chi connectivity index (χ3v) is 6.55. The van der Waals surface area contributed by atoms with Gasteiger partial charge in [-0.15, -0.1) is 0 Å². The first-order valence-electron chi connectivity index (χ1n) is 11.6. The lowest BCUT2D eigenvalue weighted by Gasteiger charge is -2.34. The molecular weight excluding hydrogens is 461 g/mol. The number of aromatic nitrogens is 2. The second-order valence-electron chi connectivity index (χ2n) is 9.12. The van der Waals surface area contributed by atoms with E-state index in [0.29, 0.717) is 55.7 Å². The van der Waals surface area contributed by atoms with Crippen molar-refractivity contribution in [3.05, 3.63) is 46.6 Å². The number of halogens is 3. The fourth-order valence-corrected chi connectivity index (χ4v) is 4.48. The van der Waals surface area contributed by atoms with Crippen LogP contribution < -0.4 is 10.2 Å². The first kappa shape index (κ1) is 24.9. The molecule has 2 aliphatic heterocycles. The molecule has 1 amide bonds. The van der Waals surface area contributed by atoms with Gasteiger partial charge < -0.3 is 19.9 Å². The molecule has 0 aliphatic carbocycles. The number of fused-ring (bicyclic) bond motifs is 1. The number of anilines is 2. The number of hydrogen-bond donors (Lipinski definition) is 1. The van der Waals surface area contributed by atoms with Crippen molar-refractivity contribution >= 4 is 24.0 Å². The van der Waals surface area contributed by atoms with E-state index in [1.165, 1.54) is 12.1 Å². The van der Waals surface area contributed by atoms with Crippen LogP contribution >= 0.6 is 0 Å². The molecule has 8 nitrogen and oxygen atoms in total. The Balaban J connectivity index is 1.61. The van der Waals surface area contributed by atoms with Gasteiger partial charge in [0.25, 0.3) is 0 Å². The number of amides is 1. The third kappa shape index (κ3) is 5.24. The van der Waals surface area contributed by atoms with Crippen LogP contribution in [0.25, 0.3) is 0 Å². The molecule has 1 aromatic heterocycles. The number of nitrogens with zero attached hydrogens (tertiary/aromatic N) is 5. The summed E-state index contributed by atoms with van der Waals surface area (Å²) in [6.45, 7) is 8.56. The van der Waals surface area contributed by atoms with Gasteiger partial charge in [-0.1, -0.05) is 12.1 Å². The molecule has 1 saturated heterocycles. The Kier molecular flexibility index (Phi) is 6.98. The number of alkyl halides is 3. The maximum absolute atomic E-state index is 12.9. The van der Waals surface area contributed by atoms with E-state index in [4.69, 9.17) is 9.97 Å². The lowest BCUT2D eigenvalue weighted by atomic mass is 10.1. The van der Waals surface area contributed by atoms with Crippen LogP contribution in [0.3, 0.4) is 0 Å². The molecule has 35 heavy (non-hydrogen) atoms. The summed E-state index contributed by atoms with van der Waals surface area (Å²) in [5.74, 6) is 1.06. The number of rotatable bonds is 6. The Morgan fingerprint density at radius 1 is 1.14 bits per heavy atom. The first-order chi connectivity index (χ1) is 16.6. The highest BCUT2D eigenvalue weighted by atomic mass is 19.4. The number of hydrogen-bond acceptors (Lipinski definition) is 7. The number of benzene rings is 1. The zero-order valence-electron chi connectivity index (χ0n) is 20.0. The molecule has 1 aromatic carbocycles. The lowest BCUT2D eigenvalue weighted by Crippen LogP contribution is -2.48. The summed E-state index contributed by atoms with van der Waals surface area (Å²) in [5, 5.41) is 3.26. The van der Waals surface area contributed by atoms with Gasteiger partial charge in [0.05, 0.1) is 11.3 Å². The highest BCUT2D eigenvalue weighted by molar-refractivity contribution is 5.73. The van der Waals surface area contributed by atoms with E-state index in [1.807, 2.05) is 23.6 Å². The summed E-state index contributed by atoms with van der Waals surface area (Å²) < 4.78 is 38.7. The Hall–Kier alpha value is -3.21. The first-order valence-corrected chi connectivity index (χ1v) is 11.6. The molecule has 11 heteroatoms. The quantitative estimate of drug-likeness (QED) is 0.623. The van der Waals surface area contributed by atoms with Gasteiger partial charge in [0.1, 0.15) is 18.1 Å². The molecule has 3 heterocycles. The molecule has 4 rings (SSSR count). The number of nitrogens with one attached hydrogen (secondary N) is 1. The molecule has 1 fully saturated rings. The minimum atomic E-state index is -4.38. The van der Waals surface area contributed by atoms with Crippen LogP contribution in [0.1, 0.15) is 49.2 Å². The summed E-state index contributed by atoms with van der Waals surface area (Å²) in [6.07, 6.45) is -3.50. The minimum absolute atomic E-state index is 0.0204. The van der Waals surface area contributed by atoms with Gasteiger partial charge >= 0.3 is 6.18 Å². The highest BCUT2D eigenvalue weighted by Crippen LogP contribution is 2.37. The fraction of sp³-hybridized carbons (Fsp3) is 0.500. The molecule has 0 spiro atoms. The van der Waals surface area contributed by atoms with Crippen molar-refractivity contribution < 1.29 is 22.8 Å². The van der Waals surface area contributed by atoms with Crippen molar-refractivity contribution in [2.45, 2.75) is 52.1 Å². The van der Waals surface area contributed by atoms with E-state index in [0.717, 1.165) is 24.0 Å². The summed E-state index contributed by atoms with van der Waals surface area (Å²) in [4.78, 5) is 39.0. The van der Waals surface area contributed by atoms with Crippen LogP contribution in [0.2, 0.25) is 0 Å². The summed E-state index contributed by atoms with van der Waals surface area (Å²) in [7, 11) is 0. The average molecular weight is 491 g/mol. The molecule has 0 bridgehead atoms. The average Bonchev–Trinajstić information content (AvgIpc) is 3.21. The molecule has 0 saturated carbocycles. The summed E-state index contributed by atoms with van der Waals surface area (Å²) in [5.41, 5.74) is 1.43.